The molecule has 4 nitrogen and oxygen atoms in total. The minimum atomic E-state index is -0.0506. The van der Waals surface area contributed by atoms with E-state index >= 15 is 0 Å². The molecule has 4 heteroatoms. The molecule has 0 aliphatic heterocycles. The summed E-state index contributed by atoms with van der Waals surface area (Å²) >= 11 is 0. The summed E-state index contributed by atoms with van der Waals surface area (Å²) in [4.78, 5) is 4.03. The van der Waals surface area contributed by atoms with E-state index in [4.69, 9.17) is 5.73 Å². The van der Waals surface area contributed by atoms with E-state index in [0.717, 1.165) is 13.0 Å². The second kappa shape index (κ2) is 6.48. The maximum absolute atomic E-state index is 6.14. The topological polar surface area (TPSA) is 56.7 Å². The van der Waals surface area contributed by atoms with Crippen LogP contribution in [0, 0.1) is 0 Å². The molecule has 1 aromatic heterocycles. The van der Waals surface area contributed by atoms with Crippen LogP contribution in [0.4, 0.5) is 0 Å². The van der Waals surface area contributed by atoms with Crippen molar-refractivity contribution in [2.45, 2.75) is 38.1 Å². The van der Waals surface area contributed by atoms with Gasteiger partial charge in [0.15, 0.2) is 0 Å². The Morgan fingerprint density at radius 3 is 2.63 bits per heavy atom. The van der Waals surface area contributed by atoms with Gasteiger partial charge >= 0.3 is 0 Å². The largest absolute Gasteiger partial charge is 0.330 e. The number of nitrogens with zero attached hydrogens (tertiary/aromatic N) is 3. The summed E-state index contributed by atoms with van der Waals surface area (Å²) in [5.41, 5.74) is 7.38. The highest BCUT2D eigenvalue weighted by atomic mass is 15.3. The lowest BCUT2D eigenvalue weighted by Crippen LogP contribution is -2.39. The molecule has 19 heavy (non-hydrogen) atoms. The van der Waals surface area contributed by atoms with Gasteiger partial charge < -0.3 is 5.73 Å². The van der Waals surface area contributed by atoms with Gasteiger partial charge in [-0.25, -0.2) is 4.98 Å². The zero-order valence-electron chi connectivity index (χ0n) is 11.5. The fraction of sp³-hybridized carbons (Fsp3) is 0.467. The van der Waals surface area contributed by atoms with Gasteiger partial charge in [-0.15, -0.1) is 0 Å². The summed E-state index contributed by atoms with van der Waals surface area (Å²) in [6.07, 6.45) is 6.75. The van der Waals surface area contributed by atoms with Crippen molar-refractivity contribution in [2.75, 3.05) is 6.54 Å². The van der Waals surface area contributed by atoms with Crippen LogP contribution in [0.5, 0.6) is 0 Å². The molecule has 102 valence electrons. The average molecular weight is 258 g/mol. The molecular weight excluding hydrogens is 236 g/mol. The number of aromatic nitrogens is 3. The fourth-order valence-corrected chi connectivity index (χ4v) is 2.53. The predicted molar refractivity (Wildman–Crippen MR) is 76.7 cm³/mol. The molecule has 0 aliphatic carbocycles. The average Bonchev–Trinajstić information content (AvgIpc) is 2.97. The van der Waals surface area contributed by atoms with Gasteiger partial charge in [-0.05, 0) is 12.0 Å². The Labute approximate surface area is 114 Å². The van der Waals surface area contributed by atoms with Crippen molar-refractivity contribution in [3.8, 4) is 0 Å². The van der Waals surface area contributed by atoms with Crippen molar-refractivity contribution in [2.24, 2.45) is 5.73 Å². The summed E-state index contributed by atoms with van der Waals surface area (Å²) in [5, 5.41) is 4.23. The molecule has 0 saturated heterocycles. The van der Waals surface area contributed by atoms with Crippen molar-refractivity contribution in [1.82, 2.24) is 14.8 Å². The zero-order chi connectivity index (χ0) is 13.6. The van der Waals surface area contributed by atoms with Gasteiger partial charge in [0.25, 0.3) is 0 Å². The normalized spacial score (nSPS) is 14.2. The van der Waals surface area contributed by atoms with E-state index in [2.05, 4.69) is 41.3 Å². The summed E-state index contributed by atoms with van der Waals surface area (Å²) < 4.78 is 1.88. The van der Waals surface area contributed by atoms with E-state index in [9.17, 15) is 0 Å². The number of hydrogen-bond acceptors (Lipinski definition) is 3. The van der Waals surface area contributed by atoms with Crippen LogP contribution in [0.2, 0.25) is 0 Å². The lowest BCUT2D eigenvalue weighted by molar-refractivity contribution is 0.319. The van der Waals surface area contributed by atoms with Crippen molar-refractivity contribution in [3.63, 3.8) is 0 Å². The number of hydrogen-bond donors (Lipinski definition) is 1. The summed E-state index contributed by atoms with van der Waals surface area (Å²) in [5.74, 6) is 0. The van der Waals surface area contributed by atoms with E-state index in [1.54, 1.807) is 12.7 Å². The minimum Gasteiger partial charge on any atom is -0.330 e. The lowest BCUT2D eigenvalue weighted by atomic mass is 9.76. The van der Waals surface area contributed by atoms with Crippen LogP contribution >= 0.6 is 0 Å². The molecule has 0 radical (unpaired) electrons. The Morgan fingerprint density at radius 2 is 2.05 bits per heavy atom. The molecule has 1 atom stereocenters. The van der Waals surface area contributed by atoms with Gasteiger partial charge in [-0.2, -0.15) is 5.10 Å². The van der Waals surface area contributed by atoms with Crippen molar-refractivity contribution < 1.29 is 0 Å². The van der Waals surface area contributed by atoms with Gasteiger partial charge in [-0.1, -0.05) is 50.1 Å². The van der Waals surface area contributed by atoms with Gasteiger partial charge in [0, 0.05) is 12.0 Å². The first kappa shape index (κ1) is 13.7. The van der Waals surface area contributed by atoms with Crippen LogP contribution in [0.25, 0.3) is 0 Å². The third kappa shape index (κ3) is 3.20. The molecule has 0 saturated carbocycles. The Balaban J connectivity index is 2.30. The minimum absolute atomic E-state index is 0.0506. The SMILES string of the molecule is CCCCC(CN)(Cn1cncn1)c1ccccc1. The fourth-order valence-electron chi connectivity index (χ4n) is 2.53. The van der Waals surface area contributed by atoms with Gasteiger partial charge in [0.1, 0.15) is 12.7 Å². The molecule has 1 unspecified atom stereocenters. The monoisotopic (exact) mass is 258 g/mol. The summed E-state index contributed by atoms with van der Waals surface area (Å²) in [6.45, 7) is 3.62. The first-order valence-corrected chi connectivity index (χ1v) is 6.89. The summed E-state index contributed by atoms with van der Waals surface area (Å²) in [7, 11) is 0. The summed E-state index contributed by atoms with van der Waals surface area (Å²) in [6, 6.07) is 10.5. The molecule has 0 fully saturated rings. The van der Waals surface area contributed by atoms with Crippen LogP contribution in [0.15, 0.2) is 43.0 Å². The van der Waals surface area contributed by atoms with Gasteiger partial charge in [0.2, 0.25) is 0 Å². The molecular formula is C15H22N4. The quantitative estimate of drug-likeness (QED) is 0.829. The third-order valence-electron chi connectivity index (χ3n) is 3.72. The number of unbranched alkanes of at least 4 members (excludes halogenated alkanes) is 1. The number of rotatable bonds is 7. The number of benzene rings is 1. The lowest BCUT2D eigenvalue weighted by Gasteiger charge is -2.33. The van der Waals surface area contributed by atoms with Crippen LogP contribution in [0.1, 0.15) is 31.7 Å². The van der Waals surface area contributed by atoms with E-state index < -0.39 is 0 Å². The highest BCUT2D eigenvalue weighted by Gasteiger charge is 2.31. The van der Waals surface area contributed by atoms with Crippen LogP contribution < -0.4 is 5.73 Å². The third-order valence-corrected chi connectivity index (χ3v) is 3.72. The van der Waals surface area contributed by atoms with Gasteiger partial charge in [-0.3, -0.25) is 4.68 Å². The van der Waals surface area contributed by atoms with Gasteiger partial charge in [0.05, 0.1) is 6.54 Å². The Hall–Kier alpha value is -1.68. The van der Waals surface area contributed by atoms with E-state index in [0.29, 0.717) is 6.54 Å². The first-order chi connectivity index (χ1) is 9.30. The second-order valence-electron chi connectivity index (χ2n) is 5.05. The molecule has 0 amide bonds. The molecule has 1 aromatic carbocycles. The van der Waals surface area contributed by atoms with Crippen LogP contribution in [-0.2, 0) is 12.0 Å². The molecule has 0 bridgehead atoms. The second-order valence-corrected chi connectivity index (χ2v) is 5.05. The molecule has 2 rings (SSSR count). The van der Waals surface area contributed by atoms with Crippen LogP contribution in [-0.4, -0.2) is 21.3 Å². The Bertz CT molecular complexity index is 466. The maximum Gasteiger partial charge on any atom is 0.137 e. The van der Waals surface area contributed by atoms with Crippen molar-refractivity contribution >= 4 is 0 Å². The van der Waals surface area contributed by atoms with E-state index in [1.807, 2.05) is 10.7 Å². The predicted octanol–water partition coefficient (Wildman–Crippen LogP) is 2.37. The van der Waals surface area contributed by atoms with E-state index in [-0.39, 0.29) is 5.41 Å². The first-order valence-electron chi connectivity index (χ1n) is 6.89. The Morgan fingerprint density at radius 1 is 1.26 bits per heavy atom. The standard InChI is InChI=1S/C15H22N4/c1-2-3-9-15(10-16,11-19-13-17-12-18-19)14-7-5-4-6-8-14/h4-8,12-13H,2-3,9-11,16H2,1H3. The van der Waals surface area contributed by atoms with Crippen molar-refractivity contribution in [3.05, 3.63) is 48.5 Å². The highest BCUT2D eigenvalue weighted by Crippen LogP contribution is 2.30. The molecule has 0 aliphatic rings. The molecule has 2 N–H and O–H groups in total. The smallest absolute Gasteiger partial charge is 0.137 e. The van der Waals surface area contributed by atoms with Crippen molar-refractivity contribution in [1.29, 1.82) is 0 Å². The molecule has 2 aromatic rings. The maximum atomic E-state index is 6.14. The highest BCUT2D eigenvalue weighted by molar-refractivity contribution is 5.25. The Kier molecular flexibility index (Phi) is 4.68. The zero-order valence-corrected chi connectivity index (χ0v) is 11.5. The van der Waals surface area contributed by atoms with Crippen LogP contribution in [0.3, 0.4) is 0 Å². The number of nitrogens with two attached hydrogens (primary N) is 1. The molecule has 0 spiro atoms. The molecule has 1 heterocycles. The van der Waals surface area contributed by atoms with E-state index in [1.165, 1.54) is 18.4 Å².